The van der Waals surface area contributed by atoms with E-state index in [-0.39, 0.29) is 5.56 Å². The van der Waals surface area contributed by atoms with E-state index in [1.54, 1.807) is 24.3 Å². The van der Waals surface area contributed by atoms with Crippen LogP contribution in [0.5, 0.6) is 0 Å². The van der Waals surface area contributed by atoms with Gasteiger partial charge in [-0.1, -0.05) is 72.3 Å². The number of hydrogen-bond donors (Lipinski definition) is 2. The molecule has 0 aliphatic carbocycles. The van der Waals surface area contributed by atoms with Crippen molar-refractivity contribution in [1.82, 2.24) is 15.8 Å². The normalized spacial score (nSPS) is 10.6. The summed E-state index contributed by atoms with van der Waals surface area (Å²) in [6.07, 6.45) is 0. The van der Waals surface area contributed by atoms with Crippen molar-refractivity contribution in [3.05, 3.63) is 101 Å². The topological polar surface area (TPSA) is 71.1 Å². The number of amides is 2. The van der Waals surface area contributed by atoms with Crippen molar-refractivity contribution < 1.29 is 9.59 Å². The summed E-state index contributed by atoms with van der Waals surface area (Å²) in [5.41, 5.74) is 8.75. The lowest BCUT2D eigenvalue weighted by molar-refractivity contribution is 0.0847. The number of rotatable bonds is 3. The van der Waals surface area contributed by atoms with E-state index in [1.807, 2.05) is 61.5 Å². The Labute approximate surface area is 178 Å². The fraction of sp³-hybridized carbons (Fsp3) is 0.0417. The van der Waals surface area contributed by atoms with Gasteiger partial charge in [-0.2, -0.15) is 0 Å². The summed E-state index contributed by atoms with van der Waals surface area (Å²) in [6, 6.07) is 23.7. The van der Waals surface area contributed by atoms with E-state index in [0.717, 1.165) is 16.8 Å². The first-order valence-electron chi connectivity index (χ1n) is 9.36. The first-order valence-corrected chi connectivity index (χ1v) is 9.74. The number of halogens is 1. The van der Waals surface area contributed by atoms with E-state index in [1.165, 1.54) is 0 Å². The van der Waals surface area contributed by atoms with E-state index in [9.17, 15) is 9.59 Å². The van der Waals surface area contributed by atoms with Gasteiger partial charge < -0.3 is 0 Å². The van der Waals surface area contributed by atoms with Crippen molar-refractivity contribution >= 4 is 34.3 Å². The fourth-order valence-corrected chi connectivity index (χ4v) is 3.59. The zero-order valence-corrected chi connectivity index (χ0v) is 16.9. The molecule has 0 aliphatic heterocycles. The Bertz CT molecular complexity index is 1260. The molecule has 0 atom stereocenters. The molecule has 2 amide bonds. The minimum absolute atomic E-state index is 0.278. The molecule has 0 aliphatic rings. The number of benzene rings is 3. The minimum atomic E-state index is -0.492. The third-order valence-corrected chi connectivity index (χ3v) is 5.15. The van der Waals surface area contributed by atoms with Crippen LogP contribution in [-0.2, 0) is 0 Å². The highest BCUT2D eigenvalue weighted by Crippen LogP contribution is 2.29. The Kier molecular flexibility index (Phi) is 5.46. The number of aromatic nitrogens is 1. The zero-order valence-electron chi connectivity index (χ0n) is 16.1. The molecule has 3 aromatic carbocycles. The van der Waals surface area contributed by atoms with Gasteiger partial charge in [-0.15, -0.1) is 0 Å². The lowest BCUT2D eigenvalue weighted by Gasteiger charge is -2.15. The van der Waals surface area contributed by atoms with Gasteiger partial charge in [0.25, 0.3) is 11.8 Å². The summed E-state index contributed by atoms with van der Waals surface area (Å²) in [4.78, 5) is 30.3. The molecule has 0 unspecified atom stereocenters. The maximum atomic E-state index is 13.1. The number of nitrogens with one attached hydrogen (secondary N) is 2. The molecular weight excluding hydrogens is 398 g/mol. The summed E-state index contributed by atoms with van der Waals surface area (Å²) >= 11 is 6.06. The van der Waals surface area contributed by atoms with E-state index >= 15 is 0 Å². The standard InChI is InChI=1S/C24H18ClN3O2/c1-15-21(24(30)28-27-23(29)17-11-5-7-13-19(17)25)18-12-6-8-14-20(18)26-22(15)16-9-3-2-4-10-16/h2-14H,1H3,(H,27,29)(H,28,30). The zero-order chi connectivity index (χ0) is 21.1. The molecule has 148 valence electrons. The second-order valence-electron chi connectivity index (χ2n) is 6.73. The summed E-state index contributed by atoms with van der Waals surface area (Å²) in [6.45, 7) is 1.85. The maximum Gasteiger partial charge on any atom is 0.271 e. The maximum absolute atomic E-state index is 13.1. The Hall–Kier alpha value is -3.70. The molecule has 5 nitrogen and oxygen atoms in total. The smallest absolute Gasteiger partial charge is 0.267 e. The monoisotopic (exact) mass is 415 g/mol. The van der Waals surface area contributed by atoms with Gasteiger partial charge in [-0.3, -0.25) is 20.4 Å². The Morgan fingerprint density at radius 2 is 1.43 bits per heavy atom. The lowest BCUT2D eigenvalue weighted by Crippen LogP contribution is -2.42. The molecule has 1 aromatic heterocycles. The summed E-state index contributed by atoms with van der Waals surface area (Å²) in [7, 11) is 0. The Morgan fingerprint density at radius 1 is 0.800 bits per heavy atom. The van der Waals surface area contributed by atoms with E-state index in [0.29, 0.717) is 21.5 Å². The fourth-order valence-electron chi connectivity index (χ4n) is 3.37. The van der Waals surface area contributed by atoms with Gasteiger partial charge in [0.05, 0.1) is 27.4 Å². The largest absolute Gasteiger partial charge is 0.271 e. The van der Waals surface area contributed by atoms with E-state index < -0.39 is 11.8 Å². The average molecular weight is 416 g/mol. The van der Waals surface area contributed by atoms with Crippen molar-refractivity contribution in [3.63, 3.8) is 0 Å². The molecule has 0 bridgehead atoms. The molecular formula is C24H18ClN3O2. The molecule has 0 radical (unpaired) electrons. The van der Waals surface area contributed by atoms with E-state index in [2.05, 4.69) is 10.9 Å². The van der Waals surface area contributed by atoms with Gasteiger partial charge in [0.1, 0.15) is 0 Å². The first kappa shape index (κ1) is 19.6. The predicted molar refractivity (Wildman–Crippen MR) is 118 cm³/mol. The predicted octanol–water partition coefficient (Wildman–Crippen LogP) is 4.94. The second kappa shape index (κ2) is 8.35. The highest BCUT2D eigenvalue weighted by atomic mass is 35.5. The van der Waals surface area contributed by atoms with Crippen LogP contribution in [0.4, 0.5) is 0 Å². The molecule has 0 spiro atoms. The third-order valence-electron chi connectivity index (χ3n) is 4.82. The van der Waals surface area contributed by atoms with E-state index in [4.69, 9.17) is 16.6 Å². The third kappa shape index (κ3) is 3.75. The van der Waals surface area contributed by atoms with Gasteiger partial charge in [-0.05, 0) is 30.7 Å². The van der Waals surface area contributed by atoms with Gasteiger partial charge >= 0.3 is 0 Å². The van der Waals surface area contributed by atoms with Crippen LogP contribution in [0.25, 0.3) is 22.2 Å². The second-order valence-corrected chi connectivity index (χ2v) is 7.14. The van der Waals surface area contributed by atoms with Crippen molar-refractivity contribution in [2.24, 2.45) is 0 Å². The molecule has 4 rings (SSSR count). The summed E-state index contributed by atoms with van der Waals surface area (Å²) in [5.74, 6) is -0.920. The number of para-hydroxylation sites is 1. The van der Waals surface area contributed by atoms with Gasteiger partial charge in [0.15, 0.2) is 0 Å². The molecule has 0 saturated heterocycles. The van der Waals surface area contributed by atoms with Gasteiger partial charge in [0, 0.05) is 10.9 Å². The molecule has 0 fully saturated rings. The van der Waals surface area contributed by atoms with Crippen molar-refractivity contribution in [2.75, 3.05) is 0 Å². The number of hydrogen-bond acceptors (Lipinski definition) is 3. The van der Waals surface area contributed by atoms with Gasteiger partial charge in [0.2, 0.25) is 0 Å². The number of fused-ring (bicyclic) bond motifs is 1. The molecule has 2 N–H and O–H groups in total. The Balaban J connectivity index is 1.71. The number of pyridine rings is 1. The quantitative estimate of drug-likeness (QED) is 0.465. The number of nitrogens with zero attached hydrogens (tertiary/aromatic N) is 1. The molecule has 30 heavy (non-hydrogen) atoms. The van der Waals surface area contributed by atoms with Crippen molar-refractivity contribution in [2.45, 2.75) is 6.92 Å². The lowest BCUT2D eigenvalue weighted by atomic mass is 9.97. The summed E-state index contributed by atoms with van der Waals surface area (Å²) in [5, 5.41) is 1.01. The molecule has 6 heteroatoms. The summed E-state index contributed by atoms with van der Waals surface area (Å²) < 4.78 is 0. The van der Waals surface area contributed by atoms with Crippen LogP contribution >= 0.6 is 11.6 Å². The molecule has 0 saturated carbocycles. The van der Waals surface area contributed by atoms with Crippen LogP contribution in [0.15, 0.2) is 78.9 Å². The SMILES string of the molecule is Cc1c(-c2ccccc2)nc2ccccc2c1C(=O)NNC(=O)c1ccccc1Cl. The van der Waals surface area contributed by atoms with Crippen molar-refractivity contribution in [3.8, 4) is 11.3 Å². The van der Waals surface area contributed by atoms with Crippen molar-refractivity contribution in [1.29, 1.82) is 0 Å². The first-order chi connectivity index (χ1) is 14.6. The molecule has 1 heterocycles. The Morgan fingerprint density at radius 3 is 2.20 bits per heavy atom. The molecule has 4 aromatic rings. The van der Waals surface area contributed by atoms with Gasteiger partial charge in [-0.25, -0.2) is 4.98 Å². The van der Waals surface area contributed by atoms with Crippen LogP contribution in [-0.4, -0.2) is 16.8 Å². The van der Waals surface area contributed by atoms with Crippen LogP contribution < -0.4 is 10.9 Å². The highest BCUT2D eigenvalue weighted by Gasteiger charge is 2.19. The minimum Gasteiger partial charge on any atom is -0.267 e. The van der Waals surface area contributed by atoms with Crippen LogP contribution in [0, 0.1) is 6.92 Å². The average Bonchev–Trinajstić information content (AvgIpc) is 2.77. The number of carbonyl (C=O) groups is 2. The van der Waals surface area contributed by atoms with Crippen LogP contribution in [0.1, 0.15) is 26.3 Å². The number of carbonyl (C=O) groups excluding carboxylic acids is 2. The highest BCUT2D eigenvalue weighted by molar-refractivity contribution is 6.33. The van der Waals surface area contributed by atoms with Crippen LogP contribution in [0.3, 0.4) is 0 Å². The van der Waals surface area contributed by atoms with Crippen LogP contribution in [0.2, 0.25) is 5.02 Å². The number of hydrazine groups is 1.